The van der Waals surface area contributed by atoms with Gasteiger partial charge in [0.25, 0.3) is 0 Å². The lowest BCUT2D eigenvalue weighted by Gasteiger charge is -2.36. The predicted molar refractivity (Wildman–Crippen MR) is 99.8 cm³/mol. The second-order valence-electron chi connectivity index (χ2n) is 6.72. The van der Waals surface area contributed by atoms with Gasteiger partial charge in [-0.05, 0) is 0 Å². The molecule has 0 atom stereocenters. The Labute approximate surface area is 154 Å². The van der Waals surface area contributed by atoms with E-state index in [1.54, 1.807) is 13.3 Å². The van der Waals surface area contributed by atoms with Gasteiger partial charge < -0.3 is 14.7 Å². The van der Waals surface area contributed by atoms with Crippen molar-refractivity contribution in [2.24, 2.45) is 4.99 Å². The zero-order chi connectivity index (χ0) is 18.4. The van der Waals surface area contributed by atoms with Gasteiger partial charge in [-0.2, -0.15) is 0 Å². The lowest BCUT2D eigenvalue weighted by molar-refractivity contribution is 0.168. The van der Waals surface area contributed by atoms with E-state index < -0.39 is 9.84 Å². The molecule has 0 saturated carbocycles. The van der Waals surface area contributed by atoms with Crippen LogP contribution in [0, 0.1) is 0 Å². The lowest BCUT2D eigenvalue weighted by Crippen LogP contribution is -2.53. The third kappa shape index (κ3) is 5.42. The standard InChI is InChI=1S/C16H28N6O3S/c1-17-16(18-3-4-20-9-12-26(23,24)13-10-20)22-7-5-21(6-8-22)14-15-2-11-25-19-15/h2,11H,3-10,12-14H2,1H3,(H,17,18). The number of piperazine rings is 1. The van der Waals surface area contributed by atoms with Crippen molar-refractivity contribution in [3.63, 3.8) is 0 Å². The van der Waals surface area contributed by atoms with Crippen molar-refractivity contribution in [3.05, 3.63) is 18.0 Å². The number of rotatable bonds is 5. The summed E-state index contributed by atoms with van der Waals surface area (Å²) in [6.07, 6.45) is 1.61. The number of nitrogens with one attached hydrogen (secondary N) is 1. The van der Waals surface area contributed by atoms with Crippen LogP contribution in [0.5, 0.6) is 0 Å². The molecule has 2 saturated heterocycles. The zero-order valence-corrected chi connectivity index (χ0v) is 16.1. The molecule has 2 aliphatic rings. The number of hydrogen-bond donors (Lipinski definition) is 1. The van der Waals surface area contributed by atoms with Crippen LogP contribution in [0.2, 0.25) is 0 Å². The Kier molecular flexibility index (Phi) is 6.49. The highest BCUT2D eigenvalue weighted by molar-refractivity contribution is 7.91. The summed E-state index contributed by atoms with van der Waals surface area (Å²) in [6.45, 7) is 7.42. The van der Waals surface area contributed by atoms with E-state index in [4.69, 9.17) is 4.52 Å². The molecular weight excluding hydrogens is 356 g/mol. The van der Waals surface area contributed by atoms with E-state index in [1.165, 1.54) is 0 Å². The van der Waals surface area contributed by atoms with E-state index >= 15 is 0 Å². The SMILES string of the molecule is CN=C(NCCN1CCS(=O)(=O)CC1)N1CCN(Cc2ccon2)CC1. The third-order valence-electron chi connectivity index (χ3n) is 4.91. The van der Waals surface area contributed by atoms with Crippen LogP contribution in [0.1, 0.15) is 5.69 Å². The average molecular weight is 385 g/mol. The van der Waals surface area contributed by atoms with Crippen LogP contribution >= 0.6 is 0 Å². The number of hydrogen-bond acceptors (Lipinski definition) is 7. The number of aliphatic imine (C=N–C) groups is 1. The molecular formula is C16H28N6O3S. The molecule has 2 fully saturated rings. The van der Waals surface area contributed by atoms with Gasteiger partial charge in [0.1, 0.15) is 6.26 Å². The molecule has 9 nitrogen and oxygen atoms in total. The van der Waals surface area contributed by atoms with Gasteiger partial charge in [0, 0.05) is 72.0 Å². The normalized spacial score (nSPS) is 22.5. The summed E-state index contributed by atoms with van der Waals surface area (Å²) in [5.41, 5.74) is 0.963. The fraction of sp³-hybridized carbons (Fsp3) is 0.750. The predicted octanol–water partition coefficient (Wildman–Crippen LogP) is -0.902. The van der Waals surface area contributed by atoms with Crippen molar-refractivity contribution in [1.29, 1.82) is 0 Å². The van der Waals surface area contributed by atoms with E-state index in [-0.39, 0.29) is 11.5 Å². The van der Waals surface area contributed by atoms with E-state index in [0.717, 1.165) is 57.5 Å². The first-order chi connectivity index (χ1) is 12.6. The van der Waals surface area contributed by atoms with E-state index in [9.17, 15) is 8.42 Å². The molecule has 0 amide bonds. The van der Waals surface area contributed by atoms with Gasteiger partial charge in [-0.25, -0.2) is 8.42 Å². The fourth-order valence-corrected chi connectivity index (χ4v) is 4.57. The Balaban J connectivity index is 1.37. The fourth-order valence-electron chi connectivity index (χ4n) is 3.30. The topological polar surface area (TPSA) is 94.3 Å². The third-order valence-corrected chi connectivity index (χ3v) is 6.52. The summed E-state index contributed by atoms with van der Waals surface area (Å²) >= 11 is 0. The molecule has 3 heterocycles. The van der Waals surface area contributed by atoms with Crippen molar-refractivity contribution in [2.45, 2.75) is 6.54 Å². The first-order valence-corrected chi connectivity index (χ1v) is 10.9. The maximum absolute atomic E-state index is 11.5. The monoisotopic (exact) mass is 384 g/mol. The van der Waals surface area contributed by atoms with Gasteiger partial charge >= 0.3 is 0 Å². The molecule has 26 heavy (non-hydrogen) atoms. The molecule has 3 rings (SSSR count). The molecule has 1 aromatic rings. The van der Waals surface area contributed by atoms with Crippen LogP contribution in [-0.2, 0) is 16.4 Å². The van der Waals surface area contributed by atoms with E-state index in [2.05, 4.69) is 30.2 Å². The molecule has 0 bridgehead atoms. The molecule has 0 spiro atoms. The molecule has 1 aromatic heterocycles. The van der Waals surface area contributed by atoms with E-state index in [0.29, 0.717) is 13.1 Å². The van der Waals surface area contributed by atoms with Crippen LogP contribution in [-0.4, -0.2) is 105 Å². The van der Waals surface area contributed by atoms with Crippen molar-refractivity contribution < 1.29 is 12.9 Å². The highest BCUT2D eigenvalue weighted by Crippen LogP contribution is 2.07. The Morgan fingerprint density at radius 3 is 2.54 bits per heavy atom. The van der Waals surface area contributed by atoms with Gasteiger partial charge in [-0.1, -0.05) is 5.16 Å². The minimum Gasteiger partial charge on any atom is -0.364 e. The summed E-state index contributed by atoms with van der Waals surface area (Å²) in [5.74, 6) is 1.46. The van der Waals surface area contributed by atoms with Crippen LogP contribution in [0.4, 0.5) is 0 Å². The smallest absolute Gasteiger partial charge is 0.193 e. The Hall–Kier alpha value is -1.65. The average Bonchev–Trinajstić information content (AvgIpc) is 3.14. The summed E-state index contributed by atoms with van der Waals surface area (Å²) in [4.78, 5) is 11.2. The summed E-state index contributed by atoms with van der Waals surface area (Å²) < 4.78 is 27.8. The number of aromatic nitrogens is 1. The maximum atomic E-state index is 11.5. The zero-order valence-electron chi connectivity index (χ0n) is 15.3. The molecule has 0 unspecified atom stereocenters. The molecule has 2 aliphatic heterocycles. The van der Waals surface area contributed by atoms with Crippen molar-refractivity contribution in [1.82, 2.24) is 25.2 Å². The van der Waals surface area contributed by atoms with Gasteiger partial charge in [0.15, 0.2) is 15.8 Å². The minimum atomic E-state index is -2.81. The molecule has 0 aliphatic carbocycles. The van der Waals surface area contributed by atoms with Crippen LogP contribution < -0.4 is 5.32 Å². The number of guanidine groups is 1. The summed E-state index contributed by atoms with van der Waals surface area (Å²) in [6, 6.07) is 1.90. The van der Waals surface area contributed by atoms with Crippen molar-refractivity contribution >= 4 is 15.8 Å². The van der Waals surface area contributed by atoms with Gasteiger partial charge in [0.2, 0.25) is 0 Å². The van der Waals surface area contributed by atoms with Crippen LogP contribution in [0.3, 0.4) is 0 Å². The van der Waals surface area contributed by atoms with Crippen LogP contribution in [0.25, 0.3) is 0 Å². The van der Waals surface area contributed by atoms with Gasteiger partial charge in [-0.15, -0.1) is 0 Å². The molecule has 0 radical (unpaired) electrons. The van der Waals surface area contributed by atoms with Crippen molar-refractivity contribution in [2.75, 3.05) is 70.9 Å². The van der Waals surface area contributed by atoms with Crippen LogP contribution in [0.15, 0.2) is 21.8 Å². The van der Waals surface area contributed by atoms with Gasteiger partial charge in [-0.3, -0.25) is 14.8 Å². The molecule has 146 valence electrons. The largest absolute Gasteiger partial charge is 0.364 e. The molecule has 0 aromatic carbocycles. The molecule has 1 N–H and O–H groups in total. The Bertz CT molecular complexity index is 669. The number of sulfone groups is 1. The summed E-state index contributed by atoms with van der Waals surface area (Å²) in [7, 11) is -1.01. The second kappa shape index (κ2) is 8.83. The minimum absolute atomic E-state index is 0.273. The lowest BCUT2D eigenvalue weighted by atomic mass is 10.3. The van der Waals surface area contributed by atoms with E-state index in [1.807, 2.05) is 6.07 Å². The number of nitrogens with zero attached hydrogens (tertiary/aromatic N) is 5. The highest BCUT2D eigenvalue weighted by Gasteiger charge is 2.22. The maximum Gasteiger partial charge on any atom is 0.193 e. The van der Waals surface area contributed by atoms with Crippen molar-refractivity contribution in [3.8, 4) is 0 Å². The first kappa shape index (κ1) is 19.1. The summed E-state index contributed by atoms with van der Waals surface area (Å²) in [5, 5.41) is 7.37. The molecule has 10 heteroatoms. The van der Waals surface area contributed by atoms with Gasteiger partial charge in [0.05, 0.1) is 17.2 Å². The first-order valence-electron chi connectivity index (χ1n) is 9.06. The second-order valence-corrected chi connectivity index (χ2v) is 9.03. The highest BCUT2D eigenvalue weighted by atomic mass is 32.2. The Morgan fingerprint density at radius 2 is 1.92 bits per heavy atom. The quantitative estimate of drug-likeness (QED) is 0.516. The Morgan fingerprint density at radius 1 is 1.19 bits per heavy atom.